The van der Waals surface area contributed by atoms with Gasteiger partial charge in [-0.05, 0) is 59.3 Å². The van der Waals surface area contributed by atoms with Gasteiger partial charge in [-0.15, -0.1) is 11.8 Å². The summed E-state index contributed by atoms with van der Waals surface area (Å²) in [5, 5.41) is 2.89. The molecule has 9 heteroatoms. The first kappa shape index (κ1) is 25.6. The van der Waals surface area contributed by atoms with Crippen molar-refractivity contribution < 1.29 is 27.5 Å². The van der Waals surface area contributed by atoms with Gasteiger partial charge in [0.2, 0.25) is 5.91 Å². The molecule has 0 aromatic heterocycles. The minimum atomic E-state index is -4.42. The zero-order chi connectivity index (χ0) is 25.7. The van der Waals surface area contributed by atoms with Gasteiger partial charge in [-0.3, -0.25) is 9.59 Å². The molecule has 2 amide bonds. The molecule has 0 bridgehead atoms. The van der Waals surface area contributed by atoms with E-state index in [1.54, 1.807) is 30.0 Å². The van der Waals surface area contributed by atoms with Gasteiger partial charge in [0.25, 0.3) is 5.91 Å². The van der Waals surface area contributed by atoms with Crippen molar-refractivity contribution in [1.82, 2.24) is 5.32 Å². The Labute approximate surface area is 211 Å². The summed E-state index contributed by atoms with van der Waals surface area (Å²) in [6.07, 6.45) is -4.47. The number of carbonyl (C=O) groups is 2. The van der Waals surface area contributed by atoms with Crippen LogP contribution >= 0.6 is 11.8 Å². The van der Waals surface area contributed by atoms with Gasteiger partial charge in [0.1, 0.15) is 12.4 Å². The van der Waals surface area contributed by atoms with E-state index in [2.05, 4.69) is 12.2 Å². The molecular formula is C27H25F3N2O3S. The normalized spacial score (nSPS) is 13.1. The van der Waals surface area contributed by atoms with Crippen molar-refractivity contribution in [1.29, 1.82) is 0 Å². The van der Waals surface area contributed by atoms with Crippen LogP contribution in [0.1, 0.15) is 34.0 Å². The summed E-state index contributed by atoms with van der Waals surface area (Å²) in [4.78, 5) is 28.3. The number of anilines is 1. The molecule has 36 heavy (non-hydrogen) atoms. The van der Waals surface area contributed by atoms with Crippen LogP contribution in [0.15, 0.2) is 71.6 Å². The number of alkyl halides is 3. The van der Waals surface area contributed by atoms with Crippen molar-refractivity contribution in [2.75, 3.05) is 23.8 Å². The summed E-state index contributed by atoms with van der Waals surface area (Å²) >= 11 is 1.75. The van der Waals surface area contributed by atoms with E-state index in [4.69, 9.17) is 4.74 Å². The van der Waals surface area contributed by atoms with Crippen molar-refractivity contribution in [3.05, 3.63) is 89.0 Å². The van der Waals surface area contributed by atoms with Crippen LogP contribution in [-0.2, 0) is 23.9 Å². The molecule has 0 spiro atoms. The molecule has 0 radical (unpaired) electrons. The fraction of sp³-hybridized carbons (Fsp3) is 0.259. The molecule has 1 aliphatic heterocycles. The predicted molar refractivity (Wildman–Crippen MR) is 133 cm³/mol. The quantitative estimate of drug-likeness (QED) is 0.410. The molecule has 0 aliphatic carbocycles. The number of carbonyl (C=O) groups excluding carboxylic acids is 2. The van der Waals surface area contributed by atoms with Crippen LogP contribution in [0.25, 0.3) is 0 Å². The number of nitrogens with zero attached hydrogens (tertiary/aromatic N) is 1. The maximum absolute atomic E-state index is 12.9. The summed E-state index contributed by atoms with van der Waals surface area (Å²) in [6, 6.07) is 17.5. The summed E-state index contributed by atoms with van der Waals surface area (Å²) in [5.41, 5.74) is 1.65. The van der Waals surface area contributed by atoms with Gasteiger partial charge in [0.15, 0.2) is 0 Å². The predicted octanol–water partition coefficient (Wildman–Crippen LogP) is 5.72. The topological polar surface area (TPSA) is 58.6 Å². The lowest BCUT2D eigenvalue weighted by Crippen LogP contribution is -2.39. The number of rotatable bonds is 7. The Morgan fingerprint density at radius 2 is 1.69 bits per heavy atom. The molecule has 5 nitrogen and oxygen atoms in total. The largest absolute Gasteiger partial charge is 0.490 e. The number of hydrogen-bond acceptors (Lipinski definition) is 4. The second-order valence-electron chi connectivity index (χ2n) is 8.21. The van der Waals surface area contributed by atoms with E-state index in [9.17, 15) is 22.8 Å². The average Bonchev–Trinajstić information content (AvgIpc) is 2.87. The summed E-state index contributed by atoms with van der Waals surface area (Å²) in [7, 11) is 0. The molecule has 3 aromatic rings. The third kappa shape index (κ3) is 6.20. The first-order valence-corrected chi connectivity index (χ1v) is 12.5. The standard InChI is InChI=1S/C27H25F3N2O3S/c1-2-36-22-10-5-19(6-11-22)17-31-26(34)20-7-12-23-24(16-20)35-14-13-32(23)25(33)15-18-3-8-21(9-4-18)27(28,29)30/h3-12,16H,2,13-15,17H2,1H3,(H,31,34). The molecular weight excluding hydrogens is 489 g/mol. The fourth-order valence-corrected chi connectivity index (χ4v) is 4.52. The van der Waals surface area contributed by atoms with E-state index in [1.807, 2.05) is 24.3 Å². The molecule has 1 heterocycles. The smallest absolute Gasteiger partial charge is 0.416 e. The Hall–Kier alpha value is -3.46. The highest BCUT2D eigenvalue weighted by Crippen LogP contribution is 2.33. The SMILES string of the molecule is CCSc1ccc(CNC(=O)c2ccc3c(c2)OCCN3C(=O)Cc2ccc(C(F)(F)F)cc2)cc1. The van der Waals surface area contributed by atoms with Crippen LogP contribution in [0.5, 0.6) is 5.75 Å². The van der Waals surface area contributed by atoms with Gasteiger partial charge in [-0.2, -0.15) is 13.2 Å². The maximum Gasteiger partial charge on any atom is 0.416 e. The highest BCUT2D eigenvalue weighted by Gasteiger charge is 2.30. The summed E-state index contributed by atoms with van der Waals surface area (Å²) in [6.45, 7) is 3.03. The third-order valence-corrected chi connectivity index (χ3v) is 6.60. The van der Waals surface area contributed by atoms with Crippen LogP contribution in [-0.4, -0.2) is 30.7 Å². The minimum Gasteiger partial charge on any atom is -0.490 e. The van der Waals surface area contributed by atoms with E-state index in [0.29, 0.717) is 35.7 Å². The molecule has 3 aromatic carbocycles. The lowest BCUT2D eigenvalue weighted by Gasteiger charge is -2.30. The molecule has 0 saturated carbocycles. The average molecular weight is 515 g/mol. The van der Waals surface area contributed by atoms with Gasteiger partial charge in [-0.25, -0.2) is 0 Å². The Bertz CT molecular complexity index is 1230. The molecule has 1 N–H and O–H groups in total. The van der Waals surface area contributed by atoms with Crippen LogP contribution < -0.4 is 15.0 Å². The van der Waals surface area contributed by atoms with Crippen LogP contribution in [0, 0.1) is 0 Å². The van der Waals surface area contributed by atoms with Crippen molar-refractivity contribution >= 4 is 29.3 Å². The second-order valence-corrected chi connectivity index (χ2v) is 9.54. The summed E-state index contributed by atoms with van der Waals surface area (Å²) in [5.74, 6) is 0.882. The molecule has 0 unspecified atom stereocenters. The Kier molecular flexibility index (Phi) is 7.88. The van der Waals surface area contributed by atoms with Gasteiger partial charge >= 0.3 is 6.18 Å². The molecule has 0 atom stereocenters. The van der Waals surface area contributed by atoms with Crippen LogP contribution in [0.4, 0.5) is 18.9 Å². The fourth-order valence-electron chi connectivity index (χ4n) is 3.86. The van der Waals surface area contributed by atoms with Gasteiger partial charge in [0.05, 0.1) is 24.2 Å². The maximum atomic E-state index is 12.9. The van der Waals surface area contributed by atoms with Gasteiger partial charge in [-0.1, -0.05) is 31.2 Å². The Morgan fingerprint density at radius 3 is 2.36 bits per heavy atom. The second kappa shape index (κ2) is 11.1. The van der Waals surface area contributed by atoms with E-state index in [-0.39, 0.29) is 24.8 Å². The summed E-state index contributed by atoms with van der Waals surface area (Å²) < 4.78 is 44.0. The van der Waals surface area contributed by atoms with E-state index in [1.165, 1.54) is 21.9 Å². The lowest BCUT2D eigenvalue weighted by molar-refractivity contribution is -0.137. The number of benzene rings is 3. The molecule has 188 valence electrons. The van der Waals surface area contributed by atoms with Crippen LogP contribution in [0.2, 0.25) is 0 Å². The Morgan fingerprint density at radius 1 is 1.00 bits per heavy atom. The first-order chi connectivity index (χ1) is 17.2. The van der Waals surface area contributed by atoms with Crippen molar-refractivity contribution in [2.24, 2.45) is 0 Å². The van der Waals surface area contributed by atoms with Crippen molar-refractivity contribution in [3.63, 3.8) is 0 Å². The van der Waals surface area contributed by atoms with E-state index in [0.717, 1.165) is 23.4 Å². The molecule has 4 rings (SSSR count). The third-order valence-electron chi connectivity index (χ3n) is 5.71. The zero-order valence-corrected chi connectivity index (χ0v) is 20.4. The zero-order valence-electron chi connectivity index (χ0n) is 19.6. The highest BCUT2D eigenvalue weighted by molar-refractivity contribution is 7.99. The number of fused-ring (bicyclic) bond motifs is 1. The number of nitrogens with one attached hydrogen (secondary N) is 1. The van der Waals surface area contributed by atoms with Crippen LogP contribution in [0.3, 0.4) is 0 Å². The highest BCUT2D eigenvalue weighted by atomic mass is 32.2. The van der Waals surface area contributed by atoms with E-state index >= 15 is 0 Å². The number of thioether (sulfide) groups is 1. The molecule has 0 saturated heterocycles. The van der Waals surface area contributed by atoms with E-state index < -0.39 is 11.7 Å². The molecule has 0 fully saturated rings. The Balaban J connectivity index is 1.40. The number of amides is 2. The van der Waals surface area contributed by atoms with Gasteiger partial charge in [0, 0.05) is 17.0 Å². The number of hydrogen-bond donors (Lipinski definition) is 1. The number of ether oxygens (including phenoxy) is 1. The first-order valence-electron chi connectivity index (χ1n) is 11.5. The number of halogens is 3. The molecule has 1 aliphatic rings. The lowest BCUT2D eigenvalue weighted by atomic mass is 10.1. The van der Waals surface area contributed by atoms with Crippen molar-refractivity contribution in [2.45, 2.75) is 31.0 Å². The van der Waals surface area contributed by atoms with Gasteiger partial charge < -0.3 is 15.0 Å². The minimum absolute atomic E-state index is 0.0463. The monoisotopic (exact) mass is 514 g/mol. The van der Waals surface area contributed by atoms with Crippen molar-refractivity contribution in [3.8, 4) is 5.75 Å².